The highest BCUT2D eigenvalue weighted by molar-refractivity contribution is 5.88. The summed E-state index contributed by atoms with van der Waals surface area (Å²) in [5.74, 6) is 4.41. The maximum Gasteiger partial charge on any atom is 0.384 e. The molecule has 2 heteroatoms. The lowest BCUT2D eigenvalue weighted by molar-refractivity contribution is -0.136. The van der Waals surface area contributed by atoms with Gasteiger partial charge < -0.3 is 4.74 Å². The molecule has 0 aromatic rings. The van der Waals surface area contributed by atoms with Gasteiger partial charge in [0.1, 0.15) is 0 Å². The zero-order chi connectivity index (χ0) is 9.23. The van der Waals surface area contributed by atoms with Crippen LogP contribution in [-0.4, -0.2) is 12.6 Å². The predicted molar refractivity (Wildman–Crippen MR) is 48.6 cm³/mol. The molecule has 0 unspecified atom stereocenters. The normalized spacial score (nSPS) is 8.50. The number of hydrogen-bond acceptors (Lipinski definition) is 2. The van der Waals surface area contributed by atoms with Gasteiger partial charge in [0, 0.05) is 5.92 Å². The summed E-state index contributed by atoms with van der Waals surface area (Å²) < 4.78 is 4.82. The van der Waals surface area contributed by atoms with Crippen molar-refractivity contribution >= 4 is 5.97 Å². The third kappa shape index (κ3) is 7.14. The van der Waals surface area contributed by atoms with Crippen molar-refractivity contribution in [2.45, 2.75) is 39.5 Å². The lowest BCUT2D eigenvalue weighted by atomic mass is 10.2. The van der Waals surface area contributed by atoms with E-state index in [0.717, 1.165) is 12.8 Å². The van der Waals surface area contributed by atoms with Crippen LogP contribution in [0, 0.1) is 11.8 Å². The number of hydrogen-bond donors (Lipinski definition) is 0. The first kappa shape index (κ1) is 11.0. The van der Waals surface area contributed by atoms with Gasteiger partial charge in [0.2, 0.25) is 0 Å². The highest BCUT2D eigenvalue weighted by Gasteiger charge is 1.94. The van der Waals surface area contributed by atoms with Crippen molar-refractivity contribution in [1.82, 2.24) is 0 Å². The fourth-order valence-corrected chi connectivity index (χ4v) is 0.832. The third-order valence-corrected chi connectivity index (χ3v) is 1.46. The van der Waals surface area contributed by atoms with Gasteiger partial charge in [0.05, 0.1) is 6.61 Å². The average Bonchev–Trinajstić information content (AvgIpc) is 2.05. The van der Waals surface area contributed by atoms with Gasteiger partial charge in [-0.15, -0.1) is 0 Å². The predicted octanol–water partition coefficient (Wildman–Crippen LogP) is 2.13. The Morgan fingerprint density at radius 3 is 2.67 bits per heavy atom. The van der Waals surface area contributed by atoms with Gasteiger partial charge in [-0.25, -0.2) is 4.79 Å². The maximum absolute atomic E-state index is 10.7. The van der Waals surface area contributed by atoms with Crippen LogP contribution in [0.4, 0.5) is 0 Å². The lowest BCUT2D eigenvalue weighted by Crippen LogP contribution is -2.02. The molecule has 0 bridgehead atoms. The number of carbonyl (C=O) groups is 1. The van der Waals surface area contributed by atoms with Gasteiger partial charge >= 0.3 is 5.97 Å². The molecule has 0 aromatic heterocycles. The first-order valence-corrected chi connectivity index (χ1v) is 4.40. The smallest absolute Gasteiger partial charge is 0.384 e. The lowest BCUT2D eigenvalue weighted by Gasteiger charge is -1.99. The van der Waals surface area contributed by atoms with Crippen molar-refractivity contribution in [3.63, 3.8) is 0 Å². The molecule has 0 aliphatic heterocycles. The SMILES string of the molecule is CC#CC(=O)OCCCCCC. The van der Waals surface area contributed by atoms with Gasteiger partial charge in [0.15, 0.2) is 0 Å². The van der Waals surface area contributed by atoms with Crippen LogP contribution in [0.5, 0.6) is 0 Å². The van der Waals surface area contributed by atoms with E-state index < -0.39 is 5.97 Å². The van der Waals surface area contributed by atoms with E-state index in [4.69, 9.17) is 4.74 Å². The first-order chi connectivity index (χ1) is 5.81. The van der Waals surface area contributed by atoms with Gasteiger partial charge in [-0.05, 0) is 13.3 Å². The summed E-state index contributed by atoms with van der Waals surface area (Å²) in [6, 6.07) is 0. The van der Waals surface area contributed by atoms with Gasteiger partial charge in [0.25, 0.3) is 0 Å². The quantitative estimate of drug-likeness (QED) is 0.272. The summed E-state index contributed by atoms with van der Waals surface area (Å²) in [5, 5.41) is 0. The van der Waals surface area contributed by atoms with Crippen LogP contribution in [0.1, 0.15) is 39.5 Å². The Morgan fingerprint density at radius 2 is 2.08 bits per heavy atom. The highest BCUT2D eigenvalue weighted by Crippen LogP contribution is 1.98. The fraction of sp³-hybridized carbons (Fsp3) is 0.700. The van der Waals surface area contributed by atoms with E-state index in [1.807, 2.05) is 0 Å². The van der Waals surface area contributed by atoms with Gasteiger partial charge in [-0.1, -0.05) is 32.1 Å². The topological polar surface area (TPSA) is 26.3 Å². The molecule has 0 rings (SSSR count). The zero-order valence-corrected chi connectivity index (χ0v) is 7.85. The molecule has 0 spiro atoms. The van der Waals surface area contributed by atoms with Crippen molar-refractivity contribution in [3.05, 3.63) is 0 Å². The van der Waals surface area contributed by atoms with Crippen molar-refractivity contribution < 1.29 is 9.53 Å². The Hall–Kier alpha value is -0.970. The molecule has 0 heterocycles. The molecular weight excluding hydrogens is 152 g/mol. The molecule has 0 atom stereocenters. The number of carbonyl (C=O) groups excluding carboxylic acids is 1. The standard InChI is InChI=1S/C10H16O2/c1-3-5-6-7-9-12-10(11)8-4-2/h3,5-7,9H2,1-2H3. The summed E-state index contributed by atoms with van der Waals surface area (Å²) in [4.78, 5) is 10.7. The van der Waals surface area contributed by atoms with Crippen LogP contribution in [0.3, 0.4) is 0 Å². The maximum atomic E-state index is 10.7. The largest absolute Gasteiger partial charge is 0.456 e. The van der Waals surface area contributed by atoms with Crippen molar-refractivity contribution in [1.29, 1.82) is 0 Å². The minimum absolute atomic E-state index is 0.408. The monoisotopic (exact) mass is 168 g/mol. The van der Waals surface area contributed by atoms with E-state index in [0.29, 0.717) is 6.61 Å². The van der Waals surface area contributed by atoms with E-state index in [9.17, 15) is 4.79 Å². The van der Waals surface area contributed by atoms with Crippen LogP contribution in [0.15, 0.2) is 0 Å². The Bertz CT molecular complexity index is 174. The molecule has 0 aliphatic carbocycles. The van der Waals surface area contributed by atoms with E-state index in [1.165, 1.54) is 12.8 Å². The number of esters is 1. The molecule has 0 N–H and O–H groups in total. The molecule has 0 radical (unpaired) electrons. The summed E-state index contributed by atoms with van der Waals surface area (Å²) >= 11 is 0. The molecule has 0 aliphatic rings. The van der Waals surface area contributed by atoms with E-state index in [2.05, 4.69) is 18.8 Å². The third-order valence-electron chi connectivity index (χ3n) is 1.46. The number of ether oxygens (including phenoxy) is 1. The average molecular weight is 168 g/mol. The fourth-order valence-electron chi connectivity index (χ4n) is 0.832. The van der Waals surface area contributed by atoms with Crippen molar-refractivity contribution in [2.75, 3.05) is 6.61 Å². The molecule has 0 saturated carbocycles. The Balaban J connectivity index is 3.18. The molecule has 12 heavy (non-hydrogen) atoms. The Labute approximate surface area is 74.3 Å². The molecular formula is C10H16O2. The summed E-state index contributed by atoms with van der Waals surface area (Å²) in [6.45, 7) is 4.28. The summed E-state index contributed by atoms with van der Waals surface area (Å²) in [7, 11) is 0. The van der Waals surface area contributed by atoms with E-state index >= 15 is 0 Å². The number of rotatable bonds is 5. The second kappa shape index (κ2) is 8.13. The second-order valence-electron chi connectivity index (χ2n) is 2.57. The summed E-state index contributed by atoms with van der Waals surface area (Å²) in [6.07, 6.45) is 4.48. The van der Waals surface area contributed by atoms with Gasteiger partial charge in [-0.2, -0.15) is 0 Å². The Morgan fingerprint density at radius 1 is 1.33 bits per heavy atom. The van der Waals surface area contributed by atoms with E-state index in [1.54, 1.807) is 6.92 Å². The number of unbranched alkanes of at least 4 members (excludes halogenated alkanes) is 3. The van der Waals surface area contributed by atoms with Crippen LogP contribution >= 0.6 is 0 Å². The van der Waals surface area contributed by atoms with Gasteiger partial charge in [-0.3, -0.25) is 0 Å². The van der Waals surface area contributed by atoms with Crippen LogP contribution in [-0.2, 0) is 9.53 Å². The molecule has 2 nitrogen and oxygen atoms in total. The van der Waals surface area contributed by atoms with Crippen LogP contribution < -0.4 is 0 Å². The molecule has 0 aromatic carbocycles. The molecule has 68 valence electrons. The van der Waals surface area contributed by atoms with Crippen LogP contribution in [0.2, 0.25) is 0 Å². The minimum Gasteiger partial charge on any atom is -0.456 e. The minimum atomic E-state index is -0.408. The van der Waals surface area contributed by atoms with Crippen molar-refractivity contribution in [2.24, 2.45) is 0 Å². The van der Waals surface area contributed by atoms with Crippen molar-refractivity contribution in [3.8, 4) is 11.8 Å². The zero-order valence-electron chi connectivity index (χ0n) is 7.85. The van der Waals surface area contributed by atoms with Crippen LogP contribution in [0.25, 0.3) is 0 Å². The first-order valence-electron chi connectivity index (χ1n) is 4.40. The molecule has 0 fully saturated rings. The molecule has 0 amide bonds. The Kier molecular flexibility index (Phi) is 7.47. The second-order valence-corrected chi connectivity index (χ2v) is 2.57. The highest BCUT2D eigenvalue weighted by atomic mass is 16.5. The summed E-state index contributed by atoms with van der Waals surface area (Å²) in [5.41, 5.74) is 0. The van der Waals surface area contributed by atoms with E-state index in [-0.39, 0.29) is 0 Å². The molecule has 0 saturated heterocycles.